The van der Waals surface area contributed by atoms with Gasteiger partial charge in [0, 0.05) is 6.21 Å². The summed E-state index contributed by atoms with van der Waals surface area (Å²) in [5.41, 5.74) is 2.08. The number of allylic oxidation sites excluding steroid dienone is 8. The van der Waals surface area contributed by atoms with Gasteiger partial charge in [0.05, 0.1) is 5.70 Å². The zero-order valence-corrected chi connectivity index (χ0v) is 10.6. The minimum Gasteiger partial charge on any atom is -0.261 e. The first-order valence-corrected chi connectivity index (χ1v) is 5.57. The van der Waals surface area contributed by atoms with E-state index in [0.29, 0.717) is 0 Å². The predicted octanol–water partition coefficient (Wildman–Crippen LogP) is 4.62. The van der Waals surface area contributed by atoms with Crippen LogP contribution in [0.25, 0.3) is 0 Å². The van der Waals surface area contributed by atoms with Gasteiger partial charge in [-0.3, -0.25) is 4.99 Å². The fraction of sp³-hybridized carbons (Fsp3) is 0.267. The van der Waals surface area contributed by atoms with Crippen molar-refractivity contribution in [1.29, 1.82) is 0 Å². The Morgan fingerprint density at radius 3 is 1.94 bits per heavy atom. The summed E-state index contributed by atoms with van der Waals surface area (Å²) in [5, 5.41) is 0. The van der Waals surface area contributed by atoms with Gasteiger partial charge in [-0.1, -0.05) is 42.5 Å². The van der Waals surface area contributed by atoms with Crippen LogP contribution in [-0.4, -0.2) is 6.21 Å². The number of aliphatic imine (C=N–C) groups is 1. The summed E-state index contributed by atoms with van der Waals surface area (Å²) in [6, 6.07) is 0. The SMILES string of the molecule is C\C=C/C=C(/C=C\C)C(=C\C=C/C)\N=C/C. The van der Waals surface area contributed by atoms with Crippen LogP contribution in [0.3, 0.4) is 0 Å². The molecule has 0 amide bonds. The minimum absolute atomic E-state index is 0.969. The van der Waals surface area contributed by atoms with Crippen molar-refractivity contribution in [2.75, 3.05) is 0 Å². The van der Waals surface area contributed by atoms with Gasteiger partial charge in [0.1, 0.15) is 0 Å². The molecule has 0 saturated heterocycles. The van der Waals surface area contributed by atoms with Gasteiger partial charge in [-0.25, -0.2) is 0 Å². The van der Waals surface area contributed by atoms with Crippen LogP contribution in [0.4, 0.5) is 0 Å². The van der Waals surface area contributed by atoms with E-state index in [9.17, 15) is 0 Å². The Morgan fingerprint density at radius 1 is 0.812 bits per heavy atom. The normalized spacial score (nSPS) is 15.2. The summed E-state index contributed by atoms with van der Waals surface area (Å²) in [5.74, 6) is 0. The lowest BCUT2D eigenvalue weighted by Gasteiger charge is -2.01. The van der Waals surface area contributed by atoms with Crippen molar-refractivity contribution in [2.24, 2.45) is 4.99 Å². The van der Waals surface area contributed by atoms with E-state index in [2.05, 4.69) is 17.1 Å². The first kappa shape index (κ1) is 14.4. The van der Waals surface area contributed by atoms with E-state index >= 15 is 0 Å². The third kappa shape index (κ3) is 5.97. The second-order valence-electron chi connectivity index (χ2n) is 3.11. The first-order chi connectivity index (χ1) is 7.79. The van der Waals surface area contributed by atoms with Gasteiger partial charge >= 0.3 is 0 Å². The van der Waals surface area contributed by atoms with Crippen LogP contribution in [0.15, 0.2) is 64.9 Å². The summed E-state index contributed by atoms with van der Waals surface area (Å²) >= 11 is 0. The maximum absolute atomic E-state index is 4.36. The quantitative estimate of drug-likeness (QED) is 0.469. The lowest BCUT2D eigenvalue weighted by atomic mass is 10.1. The first-order valence-electron chi connectivity index (χ1n) is 5.57. The van der Waals surface area contributed by atoms with E-state index in [4.69, 9.17) is 0 Å². The van der Waals surface area contributed by atoms with Crippen molar-refractivity contribution in [3.05, 3.63) is 59.9 Å². The second kappa shape index (κ2) is 9.91. The van der Waals surface area contributed by atoms with Gasteiger partial charge < -0.3 is 0 Å². The van der Waals surface area contributed by atoms with E-state index < -0.39 is 0 Å². The van der Waals surface area contributed by atoms with Crippen LogP contribution in [-0.2, 0) is 0 Å². The third-order valence-electron chi connectivity index (χ3n) is 1.82. The van der Waals surface area contributed by atoms with Crippen LogP contribution in [0.5, 0.6) is 0 Å². The summed E-state index contributed by atoms with van der Waals surface area (Å²) in [6.07, 6.45) is 18.0. The van der Waals surface area contributed by atoms with Crippen LogP contribution in [0.2, 0.25) is 0 Å². The van der Waals surface area contributed by atoms with Gasteiger partial charge in [0.25, 0.3) is 0 Å². The second-order valence-corrected chi connectivity index (χ2v) is 3.11. The summed E-state index contributed by atoms with van der Waals surface area (Å²) in [6.45, 7) is 7.93. The zero-order valence-electron chi connectivity index (χ0n) is 10.6. The van der Waals surface area contributed by atoms with Crippen molar-refractivity contribution in [2.45, 2.75) is 27.7 Å². The topological polar surface area (TPSA) is 12.4 Å². The standard InChI is InChI=1S/C15H21N/c1-5-9-12-14(11-7-3)15(16-8-4)13-10-6-2/h5-13H,1-4H3/b9-5-,10-6-,11-7-,14-12-,15-13-,16-8-. The largest absolute Gasteiger partial charge is 0.261 e. The fourth-order valence-corrected chi connectivity index (χ4v) is 1.15. The Bertz CT molecular complexity index is 314. The van der Waals surface area contributed by atoms with Crippen LogP contribution >= 0.6 is 0 Å². The third-order valence-corrected chi connectivity index (χ3v) is 1.82. The molecule has 0 aliphatic heterocycles. The van der Waals surface area contributed by atoms with E-state index in [1.807, 2.05) is 70.4 Å². The van der Waals surface area contributed by atoms with Crippen LogP contribution in [0.1, 0.15) is 27.7 Å². The molecule has 0 spiro atoms. The predicted molar refractivity (Wildman–Crippen MR) is 74.8 cm³/mol. The molecule has 1 heteroatoms. The van der Waals surface area contributed by atoms with E-state index in [0.717, 1.165) is 11.3 Å². The molecule has 0 radical (unpaired) electrons. The Labute approximate surface area is 99.3 Å². The van der Waals surface area contributed by atoms with Gasteiger partial charge in [-0.2, -0.15) is 0 Å². The molecule has 0 aliphatic carbocycles. The minimum atomic E-state index is 0.969. The van der Waals surface area contributed by atoms with E-state index in [-0.39, 0.29) is 0 Å². The average Bonchev–Trinajstić information content (AvgIpc) is 2.30. The lowest BCUT2D eigenvalue weighted by molar-refractivity contribution is 1.34. The van der Waals surface area contributed by atoms with Crippen molar-refractivity contribution in [3.63, 3.8) is 0 Å². The molecule has 0 unspecified atom stereocenters. The molecule has 0 aromatic rings. The summed E-state index contributed by atoms with van der Waals surface area (Å²) in [4.78, 5) is 4.36. The molecule has 86 valence electrons. The molecule has 0 heterocycles. The maximum atomic E-state index is 4.36. The Morgan fingerprint density at radius 2 is 1.44 bits per heavy atom. The molecule has 0 aromatic heterocycles. The highest BCUT2D eigenvalue weighted by molar-refractivity contribution is 5.58. The summed E-state index contributed by atoms with van der Waals surface area (Å²) < 4.78 is 0. The molecule has 0 aromatic carbocycles. The van der Waals surface area contributed by atoms with Crippen LogP contribution < -0.4 is 0 Å². The highest BCUT2D eigenvalue weighted by atomic mass is 14.7. The number of rotatable bonds is 5. The van der Waals surface area contributed by atoms with Gasteiger partial charge in [-0.15, -0.1) is 0 Å². The van der Waals surface area contributed by atoms with Crippen molar-refractivity contribution in [1.82, 2.24) is 0 Å². The van der Waals surface area contributed by atoms with Crippen molar-refractivity contribution in [3.8, 4) is 0 Å². The molecule has 16 heavy (non-hydrogen) atoms. The van der Waals surface area contributed by atoms with Crippen molar-refractivity contribution >= 4 is 6.21 Å². The highest BCUT2D eigenvalue weighted by Crippen LogP contribution is 2.13. The van der Waals surface area contributed by atoms with Crippen molar-refractivity contribution < 1.29 is 0 Å². The fourth-order valence-electron chi connectivity index (χ4n) is 1.15. The van der Waals surface area contributed by atoms with Crippen LogP contribution in [0, 0.1) is 0 Å². The molecule has 0 fully saturated rings. The molecular weight excluding hydrogens is 194 g/mol. The molecule has 0 aliphatic rings. The smallest absolute Gasteiger partial charge is 0.0697 e. The molecule has 0 N–H and O–H groups in total. The number of nitrogens with zero attached hydrogens (tertiary/aromatic N) is 1. The Balaban J connectivity index is 5.25. The summed E-state index contributed by atoms with van der Waals surface area (Å²) in [7, 11) is 0. The maximum Gasteiger partial charge on any atom is 0.0697 e. The molecule has 0 saturated carbocycles. The lowest BCUT2D eigenvalue weighted by Crippen LogP contribution is -1.83. The van der Waals surface area contributed by atoms with Gasteiger partial charge in [0.2, 0.25) is 0 Å². The molecule has 0 rings (SSSR count). The average molecular weight is 215 g/mol. The molecular formula is C15H21N. The van der Waals surface area contributed by atoms with E-state index in [1.165, 1.54) is 0 Å². The number of hydrogen-bond acceptors (Lipinski definition) is 1. The van der Waals surface area contributed by atoms with Gasteiger partial charge in [-0.05, 0) is 39.3 Å². The zero-order chi connectivity index (χ0) is 12.2. The molecule has 0 atom stereocenters. The molecule has 0 bridgehead atoms. The number of hydrogen-bond donors (Lipinski definition) is 0. The Hall–Kier alpha value is -1.63. The highest BCUT2D eigenvalue weighted by Gasteiger charge is 1.96. The van der Waals surface area contributed by atoms with Gasteiger partial charge in [0.15, 0.2) is 0 Å². The Kier molecular flexibility index (Phi) is 8.90. The van der Waals surface area contributed by atoms with E-state index in [1.54, 1.807) is 0 Å². The molecule has 1 nitrogen and oxygen atoms in total. The monoisotopic (exact) mass is 215 g/mol.